The predicted molar refractivity (Wildman–Crippen MR) is 60.0 cm³/mol. The number of nitrogens with zero attached hydrogens (tertiary/aromatic N) is 1. The van der Waals surface area contributed by atoms with E-state index in [2.05, 4.69) is 9.97 Å². The second-order valence-electron chi connectivity index (χ2n) is 2.39. The number of fused-ring (bicyclic) bond motifs is 1. The Morgan fingerprint density at radius 1 is 1.38 bits per heavy atom. The molecule has 0 fully saturated rings. The fourth-order valence-corrected chi connectivity index (χ4v) is 1.09. The fraction of sp³-hybridized carbons (Fsp3) is 0.300. The first kappa shape index (κ1) is 12.6. The molecule has 0 unspecified atom stereocenters. The van der Waals surface area contributed by atoms with Crippen molar-refractivity contribution in [1.82, 2.24) is 9.97 Å². The van der Waals surface area contributed by atoms with Crippen LogP contribution in [0.4, 0.5) is 0 Å². The van der Waals surface area contributed by atoms with Gasteiger partial charge in [0, 0.05) is 40.6 Å². The van der Waals surface area contributed by atoms with Crippen molar-refractivity contribution in [3.05, 3.63) is 30.1 Å². The van der Waals surface area contributed by atoms with Gasteiger partial charge in [0.1, 0.15) is 0 Å². The number of aromatic amines is 1. The van der Waals surface area contributed by atoms with E-state index in [4.69, 9.17) is 0 Å². The summed E-state index contributed by atoms with van der Waals surface area (Å²) in [6.45, 7) is 6.03. The zero-order valence-electron chi connectivity index (χ0n) is 8.33. The molecule has 0 bridgehead atoms. The minimum Gasteiger partial charge on any atom is -0.357 e. The molecule has 2 aromatic heterocycles. The zero-order valence-corrected chi connectivity index (χ0v) is 12.8. The van der Waals surface area contributed by atoms with Gasteiger partial charge >= 0.3 is 0 Å². The van der Waals surface area contributed by atoms with E-state index in [0.29, 0.717) is 0 Å². The normalized spacial score (nSPS) is 8.54. The summed E-state index contributed by atoms with van der Waals surface area (Å²) in [4.78, 5) is 7.37. The molecular formula is C10H16N2Tl. The number of aryl methyl sites for hydroxylation is 1. The molecule has 13 heavy (non-hydrogen) atoms. The van der Waals surface area contributed by atoms with Crippen LogP contribution in [0.5, 0.6) is 0 Å². The van der Waals surface area contributed by atoms with Gasteiger partial charge in [0.05, 0.1) is 11.0 Å². The molecule has 0 spiro atoms. The van der Waals surface area contributed by atoms with Crippen molar-refractivity contribution in [2.45, 2.75) is 20.8 Å². The molecule has 2 nitrogen and oxygen atoms in total. The largest absolute Gasteiger partial charge is 0.357 e. The average molecular weight is 369 g/mol. The van der Waals surface area contributed by atoms with Crippen LogP contribution in [-0.4, -0.2) is 37.3 Å². The number of aromatic nitrogens is 2. The van der Waals surface area contributed by atoms with Crippen LogP contribution in [0.3, 0.4) is 0 Å². The van der Waals surface area contributed by atoms with E-state index < -0.39 is 0 Å². The number of hydrogen-bond acceptors (Lipinski definition) is 1. The van der Waals surface area contributed by atoms with Gasteiger partial charge in [-0.2, -0.15) is 0 Å². The first-order valence-electron chi connectivity index (χ1n) is 4.26. The second kappa shape index (κ2) is 6.12. The van der Waals surface area contributed by atoms with Crippen LogP contribution in [-0.2, 0) is 0 Å². The van der Waals surface area contributed by atoms with Crippen molar-refractivity contribution < 1.29 is 1.43 Å². The Balaban J connectivity index is 0. The van der Waals surface area contributed by atoms with E-state index in [1.165, 1.54) is 0 Å². The Morgan fingerprint density at radius 2 is 2.08 bits per heavy atom. The second-order valence-corrected chi connectivity index (χ2v) is 2.39. The molecular weight excluding hydrogens is 353 g/mol. The Morgan fingerprint density at radius 3 is 2.69 bits per heavy atom. The average Bonchev–Trinajstić information content (AvgIpc) is 2.48. The van der Waals surface area contributed by atoms with Crippen LogP contribution in [0.25, 0.3) is 11.0 Å². The number of pyridine rings is 1. The molecule has 0 amide bonds. The zero-order chi connectivity index (χ0) is 8.97. The van der Waals surface area contributed by atoms with Crippen LogP contribution in [0.15, 0.2) is 24.4 Å². The molecule has 0 aliphatic rings. The predicted octanol–water partition coefficient (Wildman–Crippen LogP) is 2.76. The summed E-state index contributed by atoms with van der Waals surface area (Å²) in [5.41, 5.74) is 3.31. The Hall–Kier alpha value is -0.388. The number of hydrogen-bond donors (Lipinski definition) is 1. The van der Waals surface area contributed by atoms with Crippen LogP contribution in [0.1, 0.15) is 21.0 Å². The summed E-state index contributed by atoms with van der Waals surface area (Å²) in [5.74, 6) is 0. The first-order chi connectivity index (χ1) is 5.86. The molecule has 0 atom stereocenters. The molecule has 3 heteroatoms. The summed E-state index contributed by atoms with van der Waals surface area (Å²) in [5, 5.41) is 0. The van der Waals surface area contributed by atoms with Crippen LogP contribution in [0, 0.1) is 6.92 Å². The minimum atomic E-state index is 0. The van der Waals surface area contributed by atoms with Gasteiger partial charge in [-0.3, -0.25) is 4.98 Å². The first-order valence-corrected chi connectivity index (χ1v) is 4.26. The maximum atomic E-state index is 4.17. The van der Waals surface area contributed by atoms with E-state index in [9.17, 15) is 0 Å². The fourth-order valence-electron chi connectivity index (χ4n) is 1.09. The SMILES string of the molecule is CC.Cc1cc2ncccc2[nH]1.[HH].[Tl]. The third-order valence-corrected chi connectivity index (χ3v) is 1.52. The van der Waals surface area contributed by atoms with E-state index in [0.717, 1.165) is 16.7 Å². The molecule has 0 aromatic carbocycles. The Kier molecular flexibility index (Phi) is 5.94. The van der Waals surface area contributed by atoms with Gasteiger partial charge in [0.15, 0.2) is 0 Å². The van der Waals surface area contributed by atoms with Crippen molar-refractivity contribution in [1.29, 1.82) is 0 Å². The monoisotopic (exact) mass is 369 g/mol. The van der Waals surface area contributed by atoms with E-state index >= 15 is 0 Å². The number of rotatable bonds is 0. The Labute approximate surface area is 100 Å². The van der Waals surface area contributed by atoms with Crippen molar-refractivity contribution in [3.8, 4) is 0 Å². The molecule has 0 saturated heterocycles. The van der Waals surface area contributed by atoms with Crippen molar-refractivity contribution >= 4 is 38.3 Å². The third kappa shape index (κ3) is 3.10. The molecule has 2 heterocycles. The van der Waals surface area contributed by atoms with E-state index in [1.54, 1.807) is 6.20 Å². The molecule has 0 aliphatic carbocycles. The van der Waals surface area contributed by atoms with Crippen LogP contribution in [0.2, 0.25) is 0 Å². The summed E-state index contributed by atoms with van der Waals surface area (Å²) >= 11 is 0. The van der Waals surface area contributed by atoms with Crippen molar-refractivity contribution in [2.24, 2.45) is 0 Å². The third-order valence-electron chi connectivity index (χ3n) is 1.52. The summed E-state index contributed by atoms with van der Waals surface area (Å²) < 4.78 is 0. The molecule has 1 N–H and O–H groups in total. The van der Waals surface area contributed by atoms with Crippen molar-refractivity contribution in [3.63, 3.8) is 0 Å². The summed E-state index contributed by atoms with van der Waals surface area (Å²) in [7, 11) is 0. The smallest absolute Gasteiger partial charge is 0.0881 e. The molecule has 2 rings (SSSR count). The van der Waals surface area contributed by atoms with Gasteiger partial charge in [-0.1, -0.05) is 13.8 Å². The number of nitrogens with one attached hydrogen (secondary N) is 1. The standard InChI is InChI=1S/C8H8N2.C2H6.Tl.H2/c1-6-5-8-7(10-6)3-2-4-9-8;1-2;;/h2-5,10H,1H3;1-2H3;;1H. The number of H-pyrrole nitrogens is 1. The van der Waals surface area contributed by atoms with Gasteiger partial charge in [-0.15, -0.1) is 0 Å². The van der Waals surface area contributed by atoms with Crippen LogP contribution >= 0.6 is 0 Å². The van der Waals surface area contributed by atoms with Crippen molar-refractivity contribution in [2.75, 3.05) is 0 Å². The maximum absolute atomic E-state index is 4.17. The van der Waals surface area contributed by atoms with Gasteiger partial charge in [0.25, 0.3) is 0 Å². The van der Waals surface area contributed by atoms with Crippen LogP contribution < -0.4 is 0 Å². The van der Waals surface area contributed by atoms with E-state index in [1.807, 2.05) is 39.0 Å². The van der Waals surface area contributed by atoms with Gasteiger partial charge < -0.3 is 4.98 Å². The van der Waals surface area contributed by atoms with Gasteiger partial charge in [0.2, 0.25) is 0 Å². The summed E-state index contributed by atoms with van der Waals surface area (Å²) in [6.07, 6.45) is 1.80. The minimum absolute atomic E-state index is 0. The quantitative estimate of drug-likeness (QED) is 0.712. The topological polar surface area (TPSA) is 28.7 Å². The van der Waals surface area contributed by atoms with E-state index in [-0.39, 0.29) is 28.7 Å². The molecule has 2 aromatic rings. The molecule has 0 saturated carbocycles. The molecule has 1 radical (unpaired) electrons. The Bertz CT molecular complexity index is 327. The maximum Gasteiger partial charge on any atom is 0.0881 e. The summed E-state index contributed by atoms with van der Waals surface area (Å²) in [6, 6.07) is 5.99. The van der Waals surface area contributed by atoms with Gasteiger partial charge in [-0.05, 0) is 25.1 Å². The molecule has 0 aliphatic heterocycles. The van der Waals surface area contributed by atoms with Gasteiger partial charge in [-0.25, -0.2) is 0 Å². The molecule has 69 valence electrons.